The monoisotopic (exact) mass is 292 g/mol. The van der Waals surface area contributed by atoms with E-state index in [0.717, 1.165) is 0 Å². The molecule has 0 saturated heterocycles. The van der Waals surface area contributed by atoms with Gasteiger partial charge in [0.2, 0.25) is 5.91 Å². The molecule has 1 amide bonds. The molecule has 0 aliphatic heterocycles. The van der Waals surface area contributed by atoms with Gasteiger partial charge in [-0.05, 0) is 26.7 Å². The molecule has 1 rings (SSSR count). The molecule has 1 unspecified atom stereocenters. The Morgan fingerprint density at radius 2 is 2.00 bits per heavy atom. The highest BCUT2D eigenvalue weighted by Gasteiger charge is 2.14. The van der Waals surface area contributed by atoms with Gasteiger partial charge in [-0.1, -0.05) is 25.6 Å². The SMILES string of the molecule is Cc1nc(C)c(C#N)c(SCC(=O)NC(C)C(C)C)n1. The molecule has 0 aliphatic rings. The summed E-state index contributed by atoms with van der Waals surface area (Å²) in [5.74, 6) is 1.21. The fourth-order valence-electron chi connectivity index (χ4n) is 1.51. The normalized spacial score (nSPS) is 12.1. The van der Waals surface area contributed by atoms with Crippen molar-refractivity contribution < 1.29 is 4.79 Å². The summed E-state index contributed by atoms with van der Waals surface area (Å²) in [6, 6.07) is 2.23. The van der Waals surface area contributed by atoms with Crippen molar-refractivity contribution >= 4 is 17.7 Å². The Morgan fingerprint density at radius 1 is 1.35 bits per heavy atom. The van der Waals surface area contributed by atoms with Gasteiger partial charge in [-0.3, -0.25) is 4.79 Å². The van der Waals surface area contributed by atoms with Crippen molar-refractivity contribution in [2.75, 3.05) is 5.75 Å². The van der Waals surface area contributed by atoms with E-state index in [1.54, 1.807) is 13.8 Å². The molecule has 6 heteroatoms. The van der Waals surface area contributed by atoms with E-state index in [0.29, 0.717) is 28.0 Å². The Balaban J connectivity index is 2.71. The van der Waals surface area contributed by atoms with Crippen molar-refractivity contribution in [2.45, 2.75) is 45.7 Å². The molecule has 0 saturated carbocycles. The van der Waals surface area contributed by atoms with E-state index in [9.17, 15) is 4.79 Å². The highest BCUT2D eigenvalue weighted by Crippen LogP contribution is 2.21. The quantitative estimate of drug-likeness (QED) is 0.665. The maximum Gasteiger partial charge on any atom is 0.230 e. The number of nitrogens with zero attached hydrogens (tertiary/aromatic N) is 3. The first kappa shape index (κ1) is 16.4. The van der Waals surface area contributed by atoms with Gasteiger partial charge in [0.15, 0.2) is 0 Å². The number of hydrogen-bond acceptors (Lipinski definition) is 5. The second kappa shape index (κ2) is 7.25. The van der Waals surface area contributed by atoms with Crippen LogP contribution in [0.5, 0.6) is 0 Å². The zero-order chi connectivity index (χ0) is 15.3. The summed E-state index contributed by atoms with van der Waals surface area (Å²) in [5, 5.41) is 12.6. The second-order valence-corrected chi connectivity index (χ2v) is 6.00. The van der Waals surface area contributed by atoms with Crippen molar-refractivity contribution in [3.63, 3.8) is 0 Å². The Labute approximate surface area is 124 Å². The summed E-state index contributed by atoms with van der Waals surface area (Å²) in [6.07, 6.45) is 0. The Kier molecular flexibility index (Phi) is 5.96. The zero-order valence-electron chi connectivity index (χ0n) is 12.5. The van der Waals surface area contributed by atoms with Gasteiger partial charge in [0.25, 0.3) is 0 Å². The average molecular weight is 292 g/mol. The van der Waals surface area contributed by atoms with Crippen molar-refractivity contribution in [1.82, 2.24) is 15.3 Å². The molecule has 1 heterocycles. The predicted molar refractivity (Wildman–Crippen MR) is 79.4 cm³/mol. The third-order valence-corrected chi connectivity index (χ3v) is 3.98. The third-order valence-electron chi connectivity index (χ3n) is 3.01. The molecule has 0 spiro atoms. The van der Waals surface area contributed by atoms with Crippen LogP contribution in [0.25, 0.3) is 0 Å². The fourth-order valence-corrected chi connectivity index (χ4v) is 2.40. The minimum absolute atomic E-state index is 0.0472. The molecule has 0 bridgehead atoms. The minimum atomic E-state index is -0.0472. The van der Waals surface area contributed by atoms with E-state index < -0.39 is 0 Å². The number of nitriles is 1. The van der Waals surface area contributed by atoms with E-state index in [-0.39, 0.29) is 17.7 Å². The summed E-state index contributed by atoms with van der Waals surface area (Å²) in [5.41, 5.74) is 1.10. The first-order valence-electron chi connectivity index (χ1n) is 6.52. The highest BCUT2D eigenvalue weighted by molar-refractivity contribution is 8.00. The molecule has 5 nitrogen and oxygen atoms in total. The van der Waals surface area contributed by atoms with E-state index in [4.69, 9.17) is 5.26 Å². The molecule has 1 aromatic rings. The molecule has 0 aliphatic carbocycles. The van der Waals surface area contributed by atoms with Crippen LogP contribution in [0.2, 0.25) is 0 Å². The number of hydrogen-bond donors (Lipinski definition) is 1. The first-order valence-corrected chi connectivity index (χ1v) is 7.51. The topological polar surface area (TPSA) is 78.7 Å². The molecule has 20 heavy (non-hydrogen) atoms. The third kappa shape index (κ3) is 4.49. The van der Waals surface area contributed by atoms with Gasteiger partial charge in [0.05, 0.1) is 11.4 Å². The van der Waals surface area contributed by atoms with Crippen LogP contribution >= 0.6 is 11.8 Å². The number of aromatic nitrogens is 2. The van der Waals surface area contributed by atoms with Gasteiger partial charge in [0.1, 0.15) is 22.5 Å². The van der Waals surface area contributed by atoms with E-state index in [1.807, 2.05) is 6.92 Å². The van der Waals surface area contributed by atoms with Crippen LogP contribution < -0.4 is 5.32 Å². The van der Waals surface area contributed by atoms with Crippen LogP contribution in [0.4, 0.5) is 0 Å². The van der Waals surface area contributed by atoms with Crippen LogP contribution in [0.15, 0.2) is 5.03 Å². The molecule has 108 valence electrons. The maximum atomic E-state index is 11.8. The Morgan fingerprint density at radius 3 is 2.55 bits per heavy atom. The van der Waals surface area contributed by atoms with E-state index in [2.05, 4.69) is 35.2 Å². The molecule has 1 aromatic heterocycles. The lowest BCUT2D eigenvalue weighted by molar-refractivity contribution is -0.119. The standard InChI is InChI=1S/C14H20N4OS/c1-8(2)9(3)17-13(19)7-20-14-12(6-15)10(4)16-11(5)18-14/h8-9H,7H2,1-5H3,(H,17,19). The fraction of sp³-hybridized carbons (Fsp3) is 0.571. The number of aryl methyl sites for hydroxylation is 2. The second-order valence-electron chi connectivity index (χ2n) is 5.04. The van der Waals surface area contributed by atoms with Gasteiger partial charge in [-0.25, -0.2) is 9.97 Å². The Bertz CT molecular complexity index is 537. The highest BCUT2D eigenvalue weighted by atomic mass is 32.2. The van der Waals surface area contributed by atoms with Crippen LogP contribution in [-0.4, -0.2) is 27.7 Å². The number of carbonyl (C=O) groups excluding carboxylic acids is 1. The molecular weight excluding hydrogens is 272 g/mol. The number of rotatable bonds is 5. The number of carbonyl (C=O) groups is 1. The summed E-state index contributed by atoms with van der Waals surface area (Å²) in [4.78, 5) is 20.2. The largest absolute Gasteiger partial charge is 0.353 e. The van der Waals surface area contributed by atoms with Gasteiger partial charge < -0.3 is 5.32 Å². The average Bonchev–Trinajstić information content (AvgIpc) is 2.35. The summed E-state index contributed by atoms with van der Waals surface area (Å²) < 4.78 is 0. The minimum Gasteiger partial charge on any atom is -0.353 e. The predicted octanol–water partition coefficient (Wildman–Crippen LogP) is 2.22. The maximum absolute atomic E-state index is 11.8. The zero-order valence-corrected chi connectivity index (χ0v) is 13.3. The first-order chi connectivity index (χ1) is 9.35. The molecule has 1 N–H and O–H groups in total. The van der Waals surface area contributed by atoms with Crippen molar-refractivity contribution in [3.05, 3.63) is 17.1 Å². The summed E-state index contributed by atoms with van der Waals surface area (Å²) in [6.45, 7) is 9.65. The smallest absolute Gasteiger partial charge is 0.230 e. The number of amides is 1. The van der Waals surface area contributed by atoms with Gasteiger partial charge in [-0.2, -0.15) is 5.26 Å². The van der Waals surface area contributed by atoms with Crippen molar-refractivity contribution in [2.24, 2.45) is 5.92 Å². The van der Waals surface area contributed by atoms with E-state index >= 15 is 0 Å². The Hall–Kier alpha value is -1.61. The van der Waals surface area contributed by atoms with Crippen molar-refractivity contribution in [1.29, 1.82) is 5.26 Å². The number of thioether (sulfide) groups is 1. The van der Waals surface area contributed by atoms with Crippen molar-refractivity contribution in [3.8, 4) is 6.07 Å². The van der Waals surface area contributed by atoms with Gasteiger partial charge in [0, 0.05) is 6.04 Å². The molecule has 1 atom stereocenters. The van der Waals surface area contributed by atoms with Gasteiger partial charge >= 0.3 is 0 Å². The van der Waals surface area contributed by atoms with E-state index in [1.165, 1.54) is 11.8 Å². The molecular formula is C14H20N4OS. The van der Waals surface area contributed by atoms with Crippen LogP contribution in [0.1, 0.15) is 37.9 Å². The lowest BCUT2D eigenvalue weighted by Gasteiger charge is -2.17. The lowest BCUT2D eigenvalue weighted by Crippen LogP contribution is -2.37. The summed E-state index contributed by atoms with van der Waals surface area (Å²) >= 11 is 1.28. The lowest BCUT2D eigenvalue weighted by atomic mass is 10.1. The van der Waals surface area contributed by atoms with Crippen LogP contribution in [-0.2, 0) is 4.79 Å². The molecule has 0 fully saturated rings. The van der Waals surface area contributed by atoms with Crippen LogP contribution in [0.3, 0.4) is 0 Å². The van der Waals surface area contributed by atoms with Gasteiger partial charge in [-0.15, -0.1) is 0 Å². The van der Waals surface area contributed by atoms with Crippen LogP contribution in [0, 0.1) is 31.1 Å². The number of nitrogens with one attached hydrogen (secondary N) is 1. The summed E-state index contributed by atoms with van der Waals surface area (Å²) in [7, 11) is 0. The molecule has 0 radical (unpaired) electrons. The molecule has 0 aromatic carbocycles.